The third kappa shape index (κ3) is 5.28. The molecule has 0 saturated carbocycles. The van der Waals surface area contributed by atoms with Gasteiger partial charge in [-0.25, -0.2) is 4.39 Å². The van der Waals surface area contributed by atoms with E-state index in [2.05, 4.69) is 15.9 Å². The van der Waals surface area contributed by atoms with E-state index in [1.165, 1.54) is 12.1 Å². The van der Waals surface area contributed by atoms with Crippen molar-refractivity contribution in [2.24, 2.45) is 0 Å². The maximum absolute atomic E-state index is 13.2. The molecule has 0 spiro atoms. The Morgan fingerprint density at radius 2 is 2.18 bits per heavy atom. The highest BCUT2D eigenvalue weighted by Crippen LogP contribution is 2.16. The van der Waals surface area contributed by atoms with E-state index in [1.807, 2.05) is 6.92 Å². The lowest BCUT2D eigenvalue weighted by Crippen LogP contribution is -2.30. The van der Waals surface area contributed by atoms with Crippen molar-refractivity contribution < 1.29 is 14.3 Å². The van der Waals surface area contributed by atoms with Crippen LogP contribution in [0.1, 0.15) is 18.9 Å². The van der Waals surface area contributed by atoms with Crippen LogP contribution in [-0.2, 0) is 11.3 Å². The highest BCUT2D eigenvalue weighted by atomic mass is 79.9. The molecule has 1 rings (SSSR count). The molecule has 0 aliphatic carbocycles. The Morgan fingerprint density at radius 1 is 1.47 bits per heavy atom. The fraction of sp³-hybridized carbons (Fsp3) is 0.417. The van der Waals surface area contributed by atoms with Gasteiger partial charge in [0.15, 0.2) is 0 Å². The number of hydrogen-bond acceptors (Lipinski definition) is 2. The van der Waals surface area contributed by atoms with E-state index in [0.29, 0.717) is 17.6 Å². The van der Waals surface area contributed by atoms with Crippen molar-refractivity contribution in [1.29, 1.82) is 0 Å². The standard InChI is InChI=1S/C12H15BrFNO2/c1-2-3-15(8-12(16)17)7-9-4-10(13)6-11(14)5-9/h4-6H,2-3,7-8H2,1H3,(H,16,17). The molecule has 0 radical (unpaired) electrons. The van der Waals surface area contributed by atoms with E-state index < -0.39 is 5.97 Å². The second kappa shape index (κ2) is 6.71. The van der Waals surface area contributed by atoms with Gasteiger partial charge in [-0.2, -0.15) is 0 Å². The van der Waals surface area contributed by atoms with Crippen LogP contribution in [0, 0.1) is 5.82 Å². The van der Waals surface area contributed by atoms with Crippen LogP contribution in [-0.4, -0.2) is 29.1 Å². The van der Waals surface area contributed by atoms with E-state index in [1.54, 1.807) is 11.0 Å². The summed E-state index contributed by atoms with van der Waals surface area (Å²) in [5, 5.41) is 8.77. The molecule has 0 aliphatic heterocycles. The van der Waals surface area contributed by atoms with E-state index in [4.69, 9.17) is 5.11 Å². The molecule has 0 amide bonds. The minimum atomic E-state index is -0.867. The molecule has 0 aliphatic rings. The van der Waals surface area contributed by atoms with Gasteiger partial charge in [0, 0.05) is 11.0 Å². The highest BCUT2D eigenvalue weighted by Gasteiger charge is 2.10. The number of carboxylic acid groups (broad SMARTS) is 1. The molecule has 0 unspecified atom stereocenters. The summed E-state index contributed by atoms with van der Waals surface area (Å²) in [5.74, 6) is -1.19. The molecule has 0 heterocycles. The lowest BCUT2D eigenvalue weighted by molar-refractivity contribution is -0.138. The summed E-state index contributed by atoms with van der Waals surface area (Å²) in [4.78, 5) is 12.5. The van der Waals surface area contributed by atoms with Gasteiger partial charge in [-0.05, 0) is 36.7 Å². The maximum atomic E-state index is 13.2. The van der Waals surface area contributed by atoms with Crippen LogP contribution in [0.3, 0.4) is 0 Å². The van der Waals surface area contributed by atoms with E-state index >= 15 is 0 Å². The Morgan fingerprint density at radius 3 is 2.71 bits per heavy atom. The topological polar surface area (TPSA) is 40.5 Å². The Hall–Kier alpha value is -0.940. The first-order valence-corrected chi connectivity index (χ1v) is 6.19. The van der Waals surface area contributed by atoms with Crippen LogP contribution < -0.4 is 0 Å². The molecule has 0 saturated heterocycles. The van der Waals surface area contributed by atoms with E-state index in [0.717, 1.165) is 12.0 Å². The molecule has 0 atom stereocenters. The van der Waals surface area contributed by atoms with Crippen molar-refractivity contribution in [3.8, 4) is 0 Å². The zero-order valence-corrected chi connectivity index (χ0v) is 11.2. The molecule has 1 aromatic rings. The zero-order valence-electron chi connectivity index (χ0n) is 9.62. The highest BCUT2D eigenvalue weighted by molar-refractivity contribution is 9.10. The van der Waals surface area contributed by atoms with Gasteiger partial charge < -0.3 is 5.11 Å². The molecular formula is C12H15BrFNO2. The average Bonchev–Trinajstić information content (AvgIpc) is 2.14. The first-order chi connectivity index (χ1) is 8.01. The predicted octanol–water partition coefficient (Wildman–Crippen LogP) is 2.88. The van der Waals surface area contributed by atoms with Crippen LogP contribution in [0.5, 0.6) is 0 Å². The summed E-state index contributed by atoms with van der Waals surface area (Å²) >= 11 is 3.22. The molecule has 1 N–H and O–H groups in total. The Labute approximate surface area is 108 Å². The third-order valence-electron chi connectivity index (χ3n) is 2.23. The SMILES string of the molecule is CCCN(CC(=O)O)Cc1cc(F)cc(Br)c1. The van der Waals surface area contributed by atoms with Gasteiger partial charge >= 0.3 is 5.97 Å². The molecular weight excluding hydrogens is 289 g/mol. The van der Waals surface area contributed by atoms with Crippen molar-refractivity contribution >= 4 is 21.9 Å². The summed E-state index contributed by atoms with van der Waals surface area (Å²) in [7, 11) is 0. The summed E-state index contributed by atoms with van der Waals surface area (Å²) in [6.07, 6.45) is 0.865. The molecule has 94 valence electrons. The summed E-state index contributed by atoms with van der Waals surface area (Å²) in [5.41, 5.74) is 0.770. The number of aliphatic carboxylic acids is 1. The molecule has 0 fully saturated rings. The zero-order chi connectivity index (χ0) is 12.8. The second-order valence-corrected chi connectivity index (χ2v) is 4.80. The lowest BCUT2D eigenvalue weighted by atomic mass is 10.2. The summed E-state index contributed by atoms with van der Waals surface area (Å²) in [6, 6.07) is 4.60. The normalized spacial score (nSPS) is 10.8. The number of rotatable bonds is 6. The van der Waals surface area contributed by atoms with Gasteiger partial charge in [0.2, 0.25) is 0 Å². The number of benzene rings is 1. The predicted molar refractivity (Wildman–Crippen MR) is 67.3 cm³/mol. The van der Waals surface area contributed by atoms with Crippen molar-refractivity contribution in [1.82, 2.24) is 4.90 Å². The number of carbonyl (C=O) groups is 1. The minimum absolute atomic E-state index is 0.0258. The Bertz CT molecular complexity index is 378. The van der Waals surface area contributed by atoms with Crippen molar-refractivity contribution in [3.63, 3.8) is 0 Å². The number of hydrogen-bond donors (Lipinski definition) is 1. The Kier molecular flexibility index (Phi) is 5.58. The van der Waals surface area contributed by atoms with Gasteiger partial charge in [0.25, 0.3) is 0 Å². The fourth-order valence-electron chi connectivity index (χ4n) is 1.68. The first kappa shape index (κ1) is 14.1. The van der Waals surface area contributed by atoms with Gasteiger partial charge in [-0.1, -0.05) is 22.9 Å². The first-order valence-electron chi connectivity index (χ1n) is 5.40. The number of halogens is 2. The van der Waals surface area contributed by atoms with Gasteiger partial charge in [0.05, 0.1) is 6.54 Å². The molecule has 0 bridgehead atoms. The second-order valence-electron chi connectivity index (χ2n) is 3.88. The maximum Gasteiger partial charge on any atom is 0.317 e. The van der Waals surface area contributed by atoms with Crippen LogP contribution in [0.4, 0.5) is 4.39 Å². The monoisotopic (exact) mass is 303 g/mol. The smallest absolute Gasteiger partial charge is 0.317 e. The molecule has 3 nitrogen and oxygen atoms in total. The van der Waals surface area contributed by atoms with Gasteiger partial charge in [0.1, 0.15) is 5.82 Å². The van der Waals surface area contributed by atoms with Crippen molar-refractivity contribution in [2.45, 2.75) is 19.9 Å². The van der Waals surface area contributed by atoms with Crippen molar-refractivity contribution in [3.05, 3.63) is 34.1 Å². The minimum Gasteiger partial charge on any atom is -0.480 e. The van der Waals surface area contributed by atoms with Crippen LogP contribution in [0.25, 0.3) is 0 Å². The largest absolute Gasteiger partial charge is 0.480 e. The third-order valence-corrected chi connectivity index (χ3v) is 2.69. The molecule has 0 aromatic heterocycles. The number of nitrogens with zero attached hydrogens (tertiary/aromatic N) is 1. The fourth-order valence-corrected chi connectivity index (χ4v) is 2.19. The van der Waals surface area contributed by atoms with Gasteiger partial charge in [-0.3, -0.25) is 9.69 Å². The molecule has 5 heteroatoms. The van der Waals surface area contributed by atoms with Crippen molar-refractivity contribution in [2.75, 3.05) is 13.1 Å². The quantitative estimate of drug-likeness (QED) is 0.878. The summed E-state index contributed by atoms with van der Waals surface area (Å²) < 4.78 is 13.8. The lowest BCUT2D eigenvalue weighted by Gasteiger charge is -2.19. The van der Waals surface area contributed by atoms with Gasteiger partial charge in [-0.15, -0.1) is 0 Å². The summed E-state index contributed by atoms with van der Waals surface area (Å²) in [6.45, 7) is 3.08. The number of carboxylic acids is 1. The van der Waals surface area contributed by atoms with E-state index in [-0.39, 0.29) is 12.4 Å². The van der Waals surface area contributed by atoms with Crippen LogP contribution in [0.2, 0.25) is 0 Å². The van der Waals surface area contributed by atoms with Crippen LogP contribution >= 0.6 is 15.9 Å². The van der Waals surface area contributed by atoms with E-state index in [9.17, 15) is 9.18 Å². The van der Waals surface area contributed by atoms with Crippen LogP contribution in [0.15, 0.2) is 22.7 Å². The Balaban J connectivity index is 2.74. The average molecular weight is 304 g/mol. The molecule has 1 aromatic carbocycles. The molecule has 17 heavy (non-hydrogen) atoms.